The number of hydrogen-bond acceptors (Lipinski definition) is 6. The van der Waals surface area contributed by atoms with Gasteiger partial charge >= 0.3 is 0 Å². The number of fused-ring (bicyclic) bond motifs is 1. The fourth-order valence-corrected chi connectivity index (χ4v) is 2.38. The van der Waals surface area contributed by atoms with Crippen molar-refractivity contribution in [2.24, 2.45) is 5.92 Å². The van der Waals surface area contributed by atoms with E-state index in [9.17, 15) is 4.79 Å². The molecule has 0 unspecified atom stereocenters. The molecule has 0 saturated heterocycles. The number of carbonyl (C=O) groups is 1. The van der Waals surface area contributed by atoms with Crippen LogP contribution in [0.3, 0.4) is 0 Å². The molecule has 0 fully saturated rings. The normalized spacial score (nSPS) is 12.3. The summed E-state index contributed by atoms with van der Waals surface area (Å²) in [6.07, 6.45) is 0. The third kappa shape index (κ3) is 4.37. The molecule has 7 nitrogen and oxygen atoms in total. The van der Waals surface area contributed by atoms with E-state index in [-0.39, 0.29) is 12.7 Å². The highest BCUT2D eigenvalue weighted by Gasteiger charge is 2.14. The maximum atomic E-state index is 12.4. The van der Waals surface area contributed by atoms with E-state index in [1.807, 2.05) is 25.1 Å². The topological polar surface area (TPSA) is 85.4 Å². The van der Waals surface area contributed by atoms with Crippen molar-refractivity contribution in [2.75, 3.05) is 18.7 Å². The molecule has 7 heteroatoms. The predicted octanol–water partition coefficient (Wildman–Crippen LogP) is 2.51. The van der Waals surface area contributed by atoms with Gasteiger partial charge in [0, 0.05) is 18.8 Å². The molecule has 2 N–H and O–H groups in total. The van der Waals surface area contributed by atoms with E-state index in [0.29, 0.717) is 29.9 Å². The molecular weight excluding hydrogens is 320 g/mol. The molecular formula is C18H22N4O3. The van der Waals surface area contributed by atoms with Crippen LogP contribution < -0.4 is 20.1 Å². The highest BCUT2D eigenvalue weighted by Crippen LogP contribution is 2.32. The molecule has 0 bridgehead atoms. The molecule has 2 heterocycles. The molecule has 0 atom stereocenters. The Hall–Kier alpha value is -2.83. The minimum absolute atomic E-state index is 0.234. The summed E-state index contributed by atoms with van der Waals surface area (Å²) in [5.74, 6) is 2.12. The maximum absolute atomic E-state index is 12.4. The van der Waals surface area contributed by atoms with Crippen molar-refractivity contribution in [3.05, 3.63) is 41.2 Å². The van der Waals surface area contributed by atoms with Crippen molar-refractivity contribution < 1.29 is 14.3 Å². The Bertz CT molecular complexity index is 777. The van der Waals surface area contributed by atoms with Gasteiger partial charge in [-0.05, 0) is 36.6 Å². The van der Waals surface area contributed by atoms with Gasteiger partial charge in [0.05, 0.1) is 0 Å². The molecule has 3 rings (SSSR count). The van der Waals surface area contributed by atoms with Crippen molar-refractivity contribution in [3.63, 3.8) is 0 Å². The summed E-state index contributed by atoms with van der Waals surface area (Å²) >= 11 is 0. The first-order valence-electron chi connectivity index (χ1n) is 8.27. The molecule has 1 amide bonds. The Morgan fingerprint density at radius 3 is 2.80 bits per heavy atom. The van der Waals surface area contributed by atoms with E-state index < -0.39 is 0 Å². The minimum atomic E-state index is -0.240. The highest BCUT2D eigenvalue weighted by atomic mass is 16.7. The number of aryl methyl sites for hydroxylation is 1. The molecule has 1 aliphatic heterocycles. The van der Waals surface area contributed by atoms with E-state index in [0.717, 1.165) is 23.6 Å². The summed E-state index contributed by atoms with van der Waals surface area (Å²) in [5, 5.41) is 6.02. The second kappa shape index (κ2) is 7.38. The molecule has 2 aromatic rings. The summed E-state index contributed by atoms with van der Waals surface area (Å²) in [4.78, 5) is 21.0. The Balaban J connectivity index is 1.64. The second-order valence-corrected chi connectivity index (χ2v) is 6.36. The lowest BCUT2D eigenvalue weighted by Gasteiger charge is -2.10. The molecule has 1 aliphatic rings. The van der Waals surface area contributed by atoms with Crippen molar-refractivity contribution in [3.8, 4) is 11.5 Å². The van der Waals surface area contributed by atoms with E-state index in [4.69, 9.17) is 9.47 Å². The lowest BCUT2D eigenvalue weighted by Crippen LogP contribution is -2.24. The lowest BCUT2D eigenvalue weighted by molar-refractivity contribution is 0.0945. The lowest BCUT2D eigenvalue weighted by atomic mass is 10.2. The Kier molecular flexibility index (Phi) is 5.02. The number of anilines is 1. The van der Waals surface area contributed by atoms with Gasteiger partial charge < -0.3 is 20.1 Å². The second-order valence-electron chi connectivity index (χ2n) is 6.36. The van der Waals surface area contributed by atoms with Crippen LogP contribution in [0, 0.1) is 12.8 Å². The van der Waals surface area contributed by atoms with Crippen LogP contribution in [0.2, 0.25) is 0 Å². The number of nitrogens with one attached hydrogen (secondary N) is 2. The largest absolute Gasteiger partial charge is 0.454 e. The zero-order valence-corrected chi connectivity index (χ0v) is 14.6. The van der Waals surface area contributed by atoms with E-state index in [1.165, 1.54) is 0 Å². The van der Waals surface area contributed by atoms with Gasteiger partial charge in [-0.3, -0.25) is 4.79 Å². The first kappa shape index (κ1) is 17.0. The number of nitrogens with zero attached hydrogens (tertiary/aromatic N) is 2. The number of carbonyl (C=O) groups excluding carboxylic acids is 1. The summed E-state index contributed by atoms with van der Waals surface area (Å²) in [5.41, 5.74) is 2.02. The zero-order valence-electron chi connectivity index (χ0n) is 14.6. The SMILES string of the molecule is Cc1cc(C(=O)NCc2ccc3c(c2)OCO3)nc(NCC(C)C)n1. The van der Waals surface area contributed by atoms with Gasteiger partial charge in [-0.2, -0.15) is 0 Å². The molecule has 0 aliphatic carbocycles. The number of aromatic nitrogens is 2. The number of rotatable bonds is 6. The third-order valence-corrected chi connectivity index (χ3v) is 3.65. The molecule has 1 aromatic carbocycles. The van der Waals surface area contributed by atoms with E-state index in [1.54, 1.807) is 6.07 Å². The van der Waals surface area contributed by atoms with Crippen LogP contribution >= 0.6 is 0 Å². The minimum Gasteiger partial charge on any atom is -0.454 e. The number of benzene rings is 1. The molecule has 0 spiro atoms. The van der Waals surface area contributed by atoms with Crippen LogP contribution in [-0.2, 0) is 6.54 Å². The molecule has 132 valence electrons. The van der Waals surface area contributed by atoms with Gasteiger partial charge in [-0.25, -0.2) is 9.97 Å². The third-order valence-electron chi connectivity index (χ3n) is 3.65. The van der Waals surface area contributed by atoms with Gasteiger partial charge in [-0.15, -0.1) is 0 Å². The van der Waals surface area contributed by atoms with E-state index >= 15 is 0 Å². The van der Waals surface area contributed by atoms with Crippen LogP contribution in [0.25, 0.3) is 0 Å². The van der Waals surface area contributed by atoms with Crippen molar-refractivity contribution in [2.45, 2.75) is 27.3 Å². The van der Waals surface area contributed by atoms with Gasteiger partial charge in [0.25, 0.3) is 5.91 Å². The summed E-state index contributed by atoms with van der Waals surface area (Å²) in [6, 6.07) is 7.28. The van der Waals surface area contributed by atoms with Crippen LogP contribution in [-0.4, -0.2) is 29.2 Å². The van der Waals surface area contributed by atoms with Crippen LogP contribution in [0.4, 0.5) is 5.95 Å². The van der Waals surface area contributed by atoms with Crippen LogP contribution in [0.5, 0.6) is 11.5 Å². The van der Waals surface area contributed by atoms with Gasteiger partial charge in [-0.1, -0.05) is 19.9 Å². The first-order chi connectivity index (χ1) is 12.0. The number of amides is 1. The first-order valence-corrected chi connectivity index (χ1v) is 8.27. The maximum Gasteiger partial charge on any atom is 0.270 e. The number of ether oxygens (including phenoxy) is 2. The molecule has 0 radical (unpaired) electrons. The zero-order chi connectivity index (χ0) is 17.8. The quantitative estimate of drug-likeness (QED) is 0.839. The summed E-state index contributed by atoms with van der Waals surface area (Å²) < 4.78 is 10.6. The fraction of sp³-hybridized carbons (Fsp3) is 0.389. The molecule has 0 saturated carbocycles. The van der Waals surface area contributed by atoms with Gasteiger partial charge in [0.15, 0.2) is 11.5 Å². The van der Waals surface area contributed by atoms with Gasteiger partial charge in [0.1, 0.15) is 5.69 Å². The van der Waals surface area contributed by atoms with E-state index in [2.05, 4.69) is 34.4 Å². The monoisotopic (exact) mass is 342 g/mol. The average molecular weight is 342 g/mol. The van der Waals surface area contributed by atoms with Crippen molar-refractivity contribution >= 4 is 11.9 Å². The van der Waals surface area contributed by atoms with Crippen molar-refractivity contribution in [1.29, 1.82) is 0 Å². The van der Waals surface area contributed by atoms with Gasteiger partial charge in [0.2, 0.25) is 12.7 Å². The summed E-state index contributed by atoms with van der Waals surface area (Å²) in [6.45, 7) is 7.41. The Labute approximate surface area is 146 Å². The molecule has 1 aromatic heterocycles. The van der Waals surface area contributed by atoms with Crippen LogP contribution in [0.15, 0.2) is 24.3 Å². The fourth-order valence-electron chi connectivity index (χ4n) is 2.38. The Morgan fingerprint density at radius 1 is 1.20 bits per heavy atom. The average Bonchev–Trinajstić information content (AvgIpc) is 3.05. The number of hydrogen-bond donors (Lipinski definition) is 2. The molecule has 25 heavy (non-hydrogen) atoms. The summed E-state index contributed by atoms with van der Waals surface area (Å²) in [7, 11) is 0. The highest BCUT2D eigenvalue weighted by molar-refractivity contribution is 5.92. The smallest absolute Gasteiger partial charge is 0.270 e. The van der Waals surface area contributed by atoms with Crippen molar-refractivity contribution in [1.82, 2.24) is 15.3 Å². The standard InChI is InChI=1S/C18H22N4O3/c1-11(2)8-20-18-21-12(3)6-14(22-18)17(23)19-9-13-4-5-15-16(7-13)25-10-24-15/h4-7,11H,8-10H2,1-3H3,(H,19,23)(H,20,21,22). The Morgan fingerprint density at radius 2 is 2.00 bits per heavy atom. The predicted molar refractivity (Wildman–Crippen MR) is 93.8 cm³/mol. The van der Waals surface area contributed by atoms with Crippen LogP contribution in [0.1, 0.15) is 35.6 Å².